The number of carbonyl (C=O) groups is 3. The minimum atomic E-state index is -1.13. The Labute approximate surface area is 238 Å². The smallest absolute Gasteiger partial charge is 0.307 e. The zero-order valence-corrected chi connectivity index (χ0v) is 22.5. The third-order valence-corrected chi connectivity index (χ3v) is 8.21. The molecule has 0 aliphatic heterocycles. The Morgan fingerprint density at radius 3 is 1.34 bits per heavy atom. The quantitative estimate of drug-likeness (QED) is 0.226. The Kier molecular flexibility index (Phi) is 7.38. The Morgan fingerprint density at radius 2 is 0.951 bits per heavy atom. The number of carboxylic acid groups (broad SMARTS) is 1. The summed E-state index contributed by atoms with van der Waals surface area (Å²) in [5.74, 6) is -3.41. The number of carbonyl (C=O) groups excluding carboxylic acids is 2. The highest BCUT2D eigenvalue weighted by Gasteiger charge is 2.31. The number of carboxylic acids is 1. The lowest BCUT2D eigenvalue weighted by molar-refractivity contribution is -0.153. The van der Waals surface area contributed by atoms with Crippen LogP contribution in [-0.2, 0) is 23.9 Å². The molecule has 0 heterocycles. The molecule has 6 nitrogen and oxygen atoms in total. The van der Waals surface area contributed by atoms with Gasteiger partial charge < -0.3 is 14.6 Å². The van der Waals surface area contributed by atoms with Gasteiger partial charge in [-0.05, 0) is 50.9 Å². The molecule has 41 heavy (non-hydrogen) atoms. The molecule has 2 aliphatic carbocycles. The second-order valence-electron chi connectivity index (χ2n) is 10.6. The Hall–Kier alpha value is -4.71. The summed E-state index contributed by atoms with van der Waals surface area (Å²) in [5, 5.41) is 9.74. The van der Waals surface area contributed by atoms with Gasteiger partial charge in [0, 0.05) is 18.3 Å². The maximum atomic E-state index is 12.7. The number of hydrogen-bond donors (Lipinski definition) is 1. The molecule has 0 bridgehead atoms. The third-order valence-electron chi connectivity index (χ3n) is 8.21. The molecule has 2 aliphatic rings. The van der Waals surface area contributed by atoms with E-state index in [-0.39, 0.29) is 44.3 Å². The topological polar surface area (TPSA) is 89.9 Å². The number of esters is 2. The largest absolute Gasteiger partial charge is 0.481 e. The van der Waals surface area contributed by atoms with Crippen molar-refractivity contribution in [2.75, 3.05) is 13.2 Å². The highest BCUT2D eigenvalue weighted by molar-refractivity contribution is 5.82. The van der Waals surface area contributed by atoms with Gasteiger partial charge in [-0.3, -0.25) is 14.4 Å². The van der Waals surface area contributed by atoms with E-state index >= 15 is 0 Å². The van der Waals surface area contributed by atoms with Crippen LogP contribution in [0.5, 0.6) is 0 Å². The van der Waals surface area contributed by atoms with E-state index in [2.05, 4.69) is 24.3 Å². The van der Waals surface area contributed by atoms with Gasteiger partial charge in [-0.25, -0.2) is 0 Å². The summed E-state index contributed by atoms with van der Waals surface area (Å²) in [5.41, 5.74) is 8.92. The van der Waals surface area contributed by atoms with Crippen molar-refractivity contribution in [2.24, 2.45) is 5.92 Å². The SMILES string of the molecule is O=C(CC[C@H](CC(=O)OCC1c2ccccc2-c2ccccc21)C(=O)O)OCC1c2ccccc2-c2ccccc21. The summed E-state index contributed by atoms with van der Waals surface area (Å²) in [6.45, 7) is 0.308. The van der Waals surface area contributed by atoms with Crippen LogP contribution < -0.4 is 0 Å². The number of benzene rings is 4. The van der Waals surface area contributed by atoms with E-state index in [1.807, 2.05) is 72.8 Å². The second-order valence-corrected chi connectivity index (χ2v) is 10.6. The van der Waals surface area contributed by atoms with Gasteiger partial charge in [0.25, 0.3) is 0 Å². The summed E-state index contributed by atoms with van der Waals surface area (Å²) >= 11 is 0. The normalized spacial score (nSPS) is 14.0. The molecule has 0 aromatic heterocycles. The average Bonchev–Trinajstić information content (AvgIpc) is 3.49. The van der Waals surface area contributed by atoms with E-state index in [1.54, 1.807) is 0 Å². The Balaban J connectivity index is 1.02. The van der Waals surface area contributed by atoms with Crippen LogP contribution in [0, 0.1) is 5.92 Å². The van der Waals surface area contributed by atoms with Crippen LogP contribution in [0.25, 0.3) is 22.3 Å². The first-order valence-corrected chi connectivity index (χ1v) is 13.9. The minimum absolute atomic E-state index is 0.00377. The van der Waals surface area contributed by atoms with E-state index in [9.17, 15) is 19.5 Å². The van der Waals surface area contributed by atoms with Crippen LogP contribution >= 0.6 is 0 Å². The molecule has 0 unspecified atom stereocenters. The van der Waals surface area contributed by atoms with Crippen molar-refractivity contribution in [3.05, 3.63) is 119 Å². The van der Waals surface area contributed by atoms with E-state index in [0.717, 1.165) is 44.5 Å². The molecule has 6 rings (SSSR count). The minimum Gasteiger partial charge on any atom is -0.481 e. The number of ether oxygens (including phenoxy) is 2. The molecule has 0 saturated carbocycles. The van der Waals surface area contributed by atoms with Crippen LogP contribution in [0.1, 0.15) is 53.4 Å². The maximum absolute atomic E-state index is 12.7. The zero-order valence-electron chi connectivity index (χ0n) is 22.5. The second kappa shape index (κ2) is 11.4. The fourth-order valence-corrected chi connectivity index (χ4v) is 6.17. The summed E-state index contributed by atoms with van der Waals surface area (Å²) in [4.78, 5) is 37.3. The summed E-state index contributed by atoms with van der Waals surface area (Å²) in [7, 11) is 0. The molecule has 1 N–H and O–H groups in total. The van der Waals surface area contributed by atoms with Gasteiger partial charge >= 0.3 is 17.9 Å². The first kappa shape index (κ1) is 26.5. The molecule has 0 fully saturated rings. The molecular weight excluding hydrogens is 516 g/mol. The van der Waals surface area contributed by atoms with Crippen LogP contribution in [0.15, 0.2) is 97.1 Å². The van der Waals surface area contributed by atoms with Crippen molar-refractivity contribution in [2.45, 2.75) is 31.1 Å². The monoisotopic (exact) mass is 546 g/mol. The molecule has 1 atom stereocenters. The molecule has 4 aromatic carbocycles. The number of hydrogen-bond acceptors (Lipinski definition) is 5. The first-order chi connectivity index (χ1) is 20.0. The molecule has 0 saturated heterocycles. The van der Waals surface area contributed by atoms with Crippen LogP contribution in [0.4, 0.5) is 0 Å². The van der Waals surface area contributed by atoms with Crippen molar-refractivity contribution < 1.29 is 29.0 Å². The number of fused-ring (bicyclic) bond motifs is 6. The Morgan fingerprint density at radius 1 is 0.585 bits per heavy atom. The molecule has 0 radical (unpaired) electrons. The number of rotatable bonds is 10. The van der Waals surface area contributed by atoms with Crippen molar-refractivity contribution in [3.8, 4) is 22.3 Å². The lowest BCUT2D eigenvalue weighted by atomic mass is 9.97. The van der Waals surface area contributed by atoms with Gasteiger partial charge in [-0.2, -0.15) is 0 Å². The average molecular weight is 547 g/mol. The van der Waals surface area contributed by atoms with Gasteiger partial charge in [0.15, 0.2) is 0 Å². The van der Waals surface area contributed by atoms with Crippen molar-refractivity contribution in [1.82, 2.24) is 0 Å². The summed E-state index contributed by atoms with van der Waals surface area (Å²) in [6, 6.07) is 32.2. The third kappa shape index (κ3) is 5.25. The van der Waals surface area contributed by atoms with Crippen LogP contribution in [0.2, 0.25) is 0 Å². The van der Waals surface area contributed by atoms with Gasteiger partial charge in [0.1, 0.15) is 13.2 Å². The van der Waals surface area contributed by atoms with E-state index < -0.39 is 23.8 Å². The zero-order chi connectivity index (χ0) is 28.3. The van der Waals surface area contributed by atoms with Crippen molar-refractivity contribution in [1.29, 1.82) is 0 Å². The fourth-order valence-electron chi connectivity index (χ4n) is 6.17. The molecule has 206 valence electrons. The van der Waals surface area contributed by atoms with Gasteiger partial charge in [-0.1, -0.05) is 97.1 Å². The highest BCUT2D eigenvalue weighted by Crippen LogP contribution is 2.45. The first-order valence-electron chi connectivity index (χ1n) is 13.9. The Bertz CT molecular complexity index is 1530. The van der Waals surface area contributed by atoms with Gasteiger partial charge in [-0.15, -0.1) is 0 Å². The molecule has 4 aromatic rings. The molecule has 0 amide bonds. The summed E-state index contributed by atoms with van der Waals surface area (Å²) < 4.78 is 11.2. The van der Waals surface area contributed by atoms with Gasteiger partial charge in [0.05, 0.1) is 12.3 Å². The lowest BCUT2D eigenvalue weighted by Gasteiger charge is -2.16. The van der Waals surface area contributed by atoms with Crippen molar-refractivity contribution >= 4 is 17.9 Å². The van der Waals surface area contributed by atoms with E-state index in [1.165, 1.54) is 0 Å². The molecular formula is C35H30O6. The van der Waals surface area contributed by atoms with E-state index in [4.69, 9.17) is 9.47 Å². The summed E-state index contributed by atoms with van der Waals surface area (Å²) in [6.07, 6.45) is -0.401. The van der Waals surface area contributed by atoms with E-state index in [0.29, 0.717) is 0 Å². The van der Waals surface area contributed by atoms with Gasteiger partial charge in [0.2, 0.25) is 0 Å². The predicted molar refractivity (Wildman–Crippen MR) is 154 cm³/mol. The van der Waals surface area contributed by atoms with Crippen LogP contribution in [0.3, 0.4) is 0 Å². The van der Waals surface area contributed by atoms with Crippen LogP contribution in [-0.4, -0.2) is 36.2 Å². The maximum Gasteiger partial charge on any atom is 0.307 e. The lowest BCUT2D eigenvalue weighted by Crippen LogP contribution is -2.22. The fraction of sp³-hybridized carbons (Fsp3) is 0.229. The highest BCUT2D eigenvalue weighted by atomic mass is 16.5. The molecule has 6 heteroatoms. The molecule has 0 spiro atoms. The predicted octanol–water partition coefficient (Wildman–Crippen LogP) is 6.57. The van der Waals surface area contributed by atoms with Crippen molar-refractivity contribution in [3.63, 3.8) is 0 Å². The standard InChI is InChI=1S/C35H30O6/c36-33(40-20-31-27-13-5-1-9-23(27)24-10-2-6-14-28(24)31)18-17-22(35(38)39)19-34(37)41-21-32-29-15-7-3-11-25(29)26-12-4-8-16-30(26)32/h1-16,22,31-32H,17-21H2,(H,38,39)/t22-/m1/s1. The number of aliphatic carboxylic acids is 1.